The lowest BCUT2D eigenvalue weighted by Gasteiger charge is -2.26. The summed E-state index contributed by atoms with van der Waals surface area (Å²) < 4.78 is 1.86. The third-order valence-electron chi connectivity index (χ3n) is 5.73. The molecule has 2 N–H and O–H groups in total. The minimum atomic E-state index is -1.03. The van der Waals surface area contributed by atoms with Crippen LogP contribution in [0.2, 0.25) is 5.02 Å². The number of hydrogen-bond donors (Lipinski definition) is 2. The summed E-state index contributed by atoms with van der Waals surface area (Å²) in [5.74, 6) is -2.58. The van der Waals surface area contributed by atoms with Crippen LogP contribution in [0.15, 0.2) is 54.1 Å². The molecule has 0 saturated carbocycles. The number of imide groups is 2. The molecule has 34 heavy (non-hydrogen) atoms. The van der Waals surface area contributed by atoms with Crippen LogP contribution in [0.3, 0.4) is 0 Å². The maximum absolute atomic E-state index is 13.2. The number of carbonyl (C=O) groups is 4. The molecule has 8 nitrogen and oxygen atoms in total. The van der Waals surface area contributed by atoms with E-state index in [4.69, 9.17) is 11.6 Å². The van der Waals surface area contributed by atoms with Crippen molar-refractivity contribution in [3.05, 3.63) is 87.2 Å². The molecule has 0 aliphatic carbocycles. The molecular weight excluding hydrogens is 458 g/mol. The van der Waals surface area contributed by atoms with E-state index in [1.54, 1.807) is 44.2 Å². The third kappa shape index (κ3) is 3.88. The van der Waals surface area contributed by atoms with Gasteiger partial charge in [-0.1, -0.05) is 17.7 Å². The Morgan fingerprint density at radius 3 is 2.35 bits per heavy atom. The number of hydrogen-bond acceptors (Lipinski definition) is 4. The number of urea groups is 1. The highest BCUT2D eigenvalue weighted by Crippen LogP contribution is 2.28. The van der Waals surface area contributed by atoms with Crippen molar-refractivity contribution in [3.8, 4) is 5.69 Å². The van der Waals surface area contributed by atoms with E-state index in [9.17, 15) is 24.3 Å². The highest BCUT2D eigenvalue weighted by atomic mass is 35.5. The van der Waals surface area contributed by atoms with Gasteiger partial charge in [-0.15, -0.1) is 0 Å². The van der Waals surface area contributed by atoms with E-state index in [0.717, 1.165) is 10.6 Å². The van der Waals surface area contributed by atoms with Crippen molar-refractivity contribution in [2.75, 3.05) is 4.90 Å². The highest BCUT2D eigenvalue weighted by Gasteiger charge is 2.37. The Labute approximate surface area is 200 Å². The molecule has 9 heteroatoms. The SMILES string of the molecule is Cc1c(C(=O)O)cccc1-n1c(C)cc(/C=C2\C(=O)NC(=O)N(c3ccc(Cl)cc3)C2=O)c1C. The smallest absolute Gasteiger partial charge is 0.336 e. The maximum atomic E-state index is 13.2. The van der Waals surface area contributed by atoms with Gasteiger partial charge in [-0.25, -0.2) is 14.5 Å². The van der Waals surface area contributed by atoms with Gasteiger partial charge in [-0.2, -0.15) is 0 Å². The molecule has 0 unspecified atom stereocenters. The molecule has 0 atom stereocenters. The summed E-state index contributed by atoms with van der Waals surface area (Å²) in [5, 5.41) is 12.1. The average molecular weight is 478 g/mol. The number of rotatable bonds is 4. The Balaban J connectivity index is 1.79. The highest BCUT2D eigenvalue weighted by molar-refractivity contribution is 6.39. The summed E-state index contributed by atoms with van der Waals surface area (Å²) in [4.78, 5) is 50.6. The summed E-state index contributed by atoms with van der Waals surface area (Å²) in [7, 11) is 0. The Hall–Kier alpha value is -4.17. The molecule has 0 radical (unpaired) electrons. The maximum Gasteiger partial charge on any atom is 0.336 e. The van der Waals surface area contributed by atoms with Crippen LogP contribution in [0.4, 0.5) is 10.5 Å². The third-order valence-corrected chi connectivity index (χ3v) is 5.99. The van der Waals surface area contributed by atoms with Gasteiger partial charge in [0.05, 0.1) is 11.3 Å². The number of aromatic nitrogens is 1. The van der Waals surface area contributed by atoms with Crippen molar-refractivity contribution in [2.24, 2.45) is 0 Å². The van der Waals surface area contributed by atoms with Gasteiger partial charge in [0.15, 0.2) is 0 Å². The molecule has 2 aromatic carbocycles. The van der Waals surface area contributed by atoms with E-state index in [-0.39, 0.29) is 16.8 Å². The number of carboxylic acid groups (broad SMARTS) is 1. The second-order valence-corrected chi connectivity index (χ2v) is 8.29. The number of anilines is 1. The second-order valence-electron chi connectivity index (χ2n) is 7.85. The summed E-state index contributed by atoms with van der Waals surface area (Å²) >= 11 is 5.90. The molecule has 2 heterocycles. The van der Waals surface area contributed by atoms with Crippen LogP contribution in [0.5, 0.6) is 0 Å². The van der Waals surface area contributed by atoms with E-state index in [2.05, 4.69) is 5.32 Å². The molecule has 172 valence electrons. The number of aryl methyl sites for hydroxylation is 1. The number of aromatic carboxylic acids is 1. The molecule has 1 aromatic heterocycles. The van der Waals surface area contributed by atoms with Gasteiger partial charge >= 0.3 is 12.0 Å². The first kappa shape index (κ1) is 23.0. The lowest BCUT2D eigenvalue weighted by Crippen LogP contribution is -2.54. The Morgan fingerprint density at radius 1 is 1.03 bits per heavy atom. The lowest BCUT2D eigenvalue weighted by atomic mass is 10.1. The van der Waals surface area contributed by atoms with E-state index in [1.807, 2.05) is 11.5 Å². The van der Waals surface area contributed by atoms with Crippen LogP contribution >= 0.6 is 11.6 Å². The molecular formula is C25H20ClN3O5. The number of nitrogens with one attached hydrogen (secondary N) is 1. The van der Waals surface area contributed by atoms with Gasteiger partial charge in [-0.3, -0.25) is 14.9 Å². The van der Waals surface area contributed by atoms with Crippen molar-refractivity contribution in [2.45, 2.75) is 20.8 Å². The number of nitrogens with zero attached hydrogens (tertiary/aromatic N) is 2. The fourth-order valence-electron chi connectivity index (χ4n) is 4.04. The first-order valence-corrected chi connectivity index (χ1v) is 10.7. The molecule has 1 saturated heterocycles. The predicted octanol–water partition coefficient (Wildman–Crippen LogP) is 4.42. The molecule has 0 bridgehead atoms. The molecule has 4 amide bonds. The van der Waals surface area contributed by atoms with Gasteiger partial charge in [0, 0.05) is 22.1 Å². The molecule has 1 aliphatic heterocycles. The van der Waals surface area contributed by atoms with Crippen molar-refractivity contribution in [1.82, 2.24) is 9.88 Å². The van der Waals surface area contributed by atoms with E-state index in [0.29, 0.717) is 27.5 Å². The Morgan fingerprint density at radius 2 is 1.71 bits per heavy atom. The van der Waals surface area contributed by atoms with Gasteiger partial charge in [0.1, 0.15) is 5.57 Å². The number of barbiturate groups is 1. The number of carbonyl (C=O) groups excluding carboxylic acids is 3. The van der Waals surface area contributed by atoms with Gasteiger partial charge in [0.2, 0.25) is 0 Å². The zero-order valence-corrected chi connectivity index (χ0v) is 19.3. The van der Waals surface area contributed by atoms with E-state index >= 15 is 0 Å². The quantitative estimate of drug-likeness (QED) is 0.427. The molecule has 1 aliphatic rings. The average Bonchev–Trinajstić information content (AvgIpc) is 3.05. The molecule has 4 rings (SSSR count). The summed E-state index contributed by atoms with van der Waals surface area (Å²) in [6.07, 6.45) is 1.43. The van der Waals surface area contributed by atoms with Gasteiger partial charge in [-0.05, 0) is 80.4 Å². The summed E-state index contributed by atoms with van der Waals surface area (Å²) in [6.45, 7) is 5.37. The van der Waals surface area contributed by atoms with E-state index < -0.39 is 23.8 Å². The molecule has 1 fully saturated rings. The Bertz CT molecular complexity index is 1400. The fraction of sp³-hybridized carbons (Fsp3) is 0.120. The topological polar surface area (TPSA) is 109 Å². The fourth-order valence-corrected chi connectivity index (χ4v) is 4.17. The van der Waals surface area contributed by atoms with Crippen LogP contribution in [-0.4, -0.2) is 33.5 Å². The van der Waals surface area contributed by atoms with Crippen LogP contribution in [0.25, 0.3) is 11.8 Å². The van der Waals surface area contributed by atoms with Crippen LogP contribution in [0, 0.1) is 20.8 Å². The zero-order valence-electron chi connectivity index (χ0n) is 18.5. The number of halogens is 1. The Kier molecular flexibility index (Phi) is 5.85. The summed E-state index contributed by atoms with van der Waals surface area (Å²) in [6, 6.07) is 12.0. The zero-order chi connectivity index (χ0) is 24.7. The number of carboxylic acids is 1. The normalized spacial score (nSPS) is 15.1. The van der Waals surface area contributed by atoms with Crippen molar-refractivity contribution in [3.63, 3.8) is 0 Å². The van der Waals surface area contributed by atoms with Gasteiger partial charge < -0.3 is 9.67 Å². The van der Waals surface area contributed by atoms with Crippen LogP contribution in [0.1, 0.15) is 32.9 Å². The van der Waals surface area contributed by atoms with Crippen LogP contribution < -0.4 is 10.2 Å². The van der Waals surface area contributed by atoms with Crippen molar-refractivity contribution >= 4 is 47.2 Å². The van der Waals surface area contributed by atoms with Crippen molar-refractivity contribution in [1.29, 1.82) is 0 Å². The van der Waals surface area contributed by atoms with Crippen molar-refractivity contribution < 1.29 is 24.3 Å². The largest absolute Gasteiger partial charge is 0.478 e. The second kappa shape index (κ2) is 8.64. The summed E-state index contributed by atoms with van der Waals surface area (Å²) in [5.41, 5.74) is 3.59. The first-order valence-electron chi connectivity index (χ1n) is 10.3. The van der Waals surface area contributed by atoms with Crippen LogP contribution in [-0.2, 0) is 9.59 Å². The first-order chi connectivity index (χ1) is 16.1. The molecule has 0 spiro atoms. The van der Waals surface area contributed by atoms with E-state index in [1.165, 1.54) is 24.3 Å². The minimum absolute atomic E-state index is 0.184. The monoisotopic (exact) mass is 477 g/mol. The van der Waals surface area contributed by atoms with Gasteiger partial charge in [0.25, 0.3) is 11.8 Å². The number of benzene rings is 2. The predicted molar refractivity (Wildman–Crippen MR) is 127 cm³/mol. The minimum Gasteiger partial charge on any atom is -0.478 e. The molecule has 3 aromatic rings. The standard InChI is InChI=1S/C25H20ClN3O5/c1-13-11-16(15(3)28(13)21-6-4-5-19(14(21)2)24(32)33)12-20-22(30)27-25(34)29(23(20)31)18-9-7-17(26)8-10-18/h4-12H,1-3H3,(H,32,33)(H,27,30,34)/b20-12+. The number of amides is 4. The lowest BCUT2D eigenvalue weighted by molar-refractivity contribution is -0.122.